The number of hydrogen-bond acceptors (Lipinski definition) is 8. The fourth-order valence-electron chi connectivity index (χ4n) is 5.60. The zero-order valence-electron chi connectivity index (χ0n) is 23.9. The van der Waals surface area contributed by atoms with Crippen molar-refractivity contribution in [1.82, 2.24) is 4.57 Å². The Morgan fingerprint density at radius 2 is 1.65 bits per heavy atom. The number of aromatic nitrogens is 1. The predicted molar refractivity (Wildman–Crippen MR) is 165 cm³/mol. The second-order valence-corrected chi connectivity index (χ2v) is 12.6. The molecule has 3 unspecified atom stereocenters. The number of ether oxygens (including phenoxy) is 1. The third-order valence-corrected chi connectivity index (χ3v) is 10.2. The maximum atomic E-state index is 13.9. The molecule has 0 aliphatic carbocycles. The minimum atomic E-state index is -4.68. The van der Waals surface area contributed by atoms with E-state index in [4.69, 9.17) is 4.74 Å². The number of hydrogen-bond donors (Lipinski definition) is 1. The van der Waals surface area contributed by atoms with E-state index < -0.39 is 63.9 Å². The number of amides is 3. The van der Waals surface area contributed by atoms with E-state index in [-0.39, 0.29) is 12.3 Å². The van der Waals surface area contributed by atoms with Crippen LogP contribution in [-0.4, -0.2) is 40.1 Å². The number of fused-ring (bicyclic) bond motifs is 2. The smallest absolute Gasteiger partial charge is 0.416 e. The molecule has 2 aliphatic rings. The number of carbonyl (C=O) groups is 4. The highest BCUT2D eigenvalue weighted by Crippen LogP contribution is 2.54. The Morgan fingerprint density at radius 3 is 2.33 bits per heavy atom. The van der Waals surface area contributed by atoms with Crippen LogP contribution in [0.3, 0.4) is 0 Å². The summed E-state index contributed by atoms with van der Waals surface area (Å²) in [7, 11) is 0. The number of alkyl halides is 3. The molecule has 3 heterocycles. The number of benzene rings is 3. The lowest BCUT2D eigenvalue weighted by atomic mass is 9.83. The molecule has 3 atom stereocenters. The van der Waals surface area contributed by atoms with Gasteiger partial charge in [-0.05, 0) is 55.0 Å². The van der Waals surface area contributed by atoms with Crippen LogP contribution in [-0.2, 0) is 31.8 Å². The molecule has 2 aliphatic heterocycles. The molecule has 0 radical (unpaired) electrons. The topological polar surface area (TPSA) is 115 Å². The van der Waals surface area contributed by atoms with Gasteiger partial charge in [0.2, 0.25) is 17.7 Å². The lowest BCUT2D eigenvalue weighted by molar-refractivity contribution is -0.137. The summed E-state index contributed by atoms with van der Waals surface area (Å²) in [4.78, 5) is 66.9. The Morgan fingerprint density at radius 1 is 0.935 bits per heavy atom. The monoisotopic (exact) mass is 667 g/mol. The van der Waals surface area contributed by atoms with Crippen molar-refractivity contribution in [3.05, 3.63) is 110 Å². The van der Waals surface area contributed by atoms with Gasteiger partial charge in [-0.25, -0.2) is 9.69 Å². The molecule has 6 rings (SSSR count). The van der Waals surface area contributed by atoms with Crippen LogP contribution in [0.4, 0.5) is 24.5 Å². The number of anilines is 2. The first-order chi connectivity index (χ1) is 22.0. The first kappa shape index (κ1) is 31.3. The minimum Gasteiger partial charge on any atom is -0.462 e. The number of nitrogens with one attached hydrogen (secondary N) is 1. The van der Waals surface area contributed by atoms with Gasteiger partial charge < -0.3 is 10.1 Å². The molecule has 0 bridgehead atoms. The van der Waals surface area contributed by atoms with Crippen LogP contribution in [0.25, 0.3) is 0 Å². The Hall–Kier alpha value is -4.69. The summed E-state index contributed by atoms with van der Waals surface area (Å²) in [6, 6.07) is 18.8. The van der Waals surface area contributed by atoms with Gasteiger partial charge in [-0.1, -0.05) is 59.5 Å². The molecule has 0 spiro atoms. The van der Waals surface area contributed by atoms with E-state index >= 15 is 0 Å². The molecule has 14 heteroatoms. The van der Waals surface area contributed by atoms with E-state index in [9.17, 15) is 37.1 Å². The van der Waals surface area contributed by atoms with E-state index in [1.54, 1.807) is 37.3 Å². The fraction of sp³-hybridized carbons (Fsp3) is 0.219. The molecule has 46 heavy (non-hydrogen) atoms. The molecule has 1 fully saturated rings. The van der Waals surface area contributed by atoms with Gasteiger partial charge in [-0.3, -0.25) is 23.7 Å². The van der Waals surface area contributed by atoms with Crippen molar-refractivity contribution in [2.75, 3.05) is 16.8 Å². The Labute approximate surface area is 268 Å². The van der Waals surface area contributed by atoms with Crippen LogP contribution in [0, 0.1) is 5.92 Å². The lowest BCUT2D eigenvalue weighted by Gasteiger charge is -2.30. The summed E-state index contributed by atoms with van der Waals surface area (Å²) in [6.45, 7) is 1.49. The molecule has 9 nitrogen and oxygen atoms in total. The Balaban J connectivity index is 1.33. The van der Waals surface area contributed by atoms with Gasteiger partial charge in [0.1, 0.15) is 11.8 Å². The standard InChI is InChI=1S/C32H24F3N3O6S2/c1-2-44-30(42)18-11-13-20(14-12-18)36-22(39)16-37-29-26(46-31(37)43)23(17-7-4-3-5-8-17)24-25(45-29)28(41)38(27(24)40)21-10-6-9-19(15-21)32(33,34)35/h3-15,23-25H,2,16H2,1H3,(H,36,39). The number of esters is 1. The number of halogens is 3. The zero-order valence-corrected chi connectivity index (χ0v) is 25.6. The second-order valence-electron chi connectivity index (χ2n) is 10.5. The average Bonchev–Trinajstić information content (AvgIpc) is 3.47. The van der Waals surface area contributed by atoms with Crippen LogP contribution in [0.2, 0.25) is 0 Å². The lowest BCUT2D eigenvalue weighted by Crippen LogP contribution is -2.33. The van der Waals surface area contributed by atoms with Crippen molar-refractivity contribution in [3.8, 4) is 0 Å². The van der Waals surface area contributed by atoms with Crippen molar-refractivity contribution < 1.29 is 37.1 Å². The number of thioether (sulfide) groups is 1. The number of rotatable bonds is 7. The molecule has 236 valence electrons. The summed E-state index contributed by atoms with van der Waals surface area (Å²) >= 11 is 1.82. The highest BCUT2D eigenvalue weighted by Gasteiger charge is 2.57. The van der Waals surface area contributed by atoms with Gasteiger partial charge in [0.05, 0.1) is 34.4 Å². The van der Waals surface area contributed by atoms with E-state index in [2.05, 4.69) is 5.32 Å². The van der Waals surface area contributed by atoms with E-state index in [1.165, 1.54) is 34.9 Å². The number of nitrogens with zero attached hydrogens (tertiary/aromatic N) is 2. The first-order valence-corrected chi connectivity index (χ1v) is 15.7. The maximum Gasteiger partial charge on any atom is 0.416 e. The summed E-state index contributed by atoms with van der Waals surface area (Å²) in [5, 5.41) is 1.97. The van der Waals surface area contributed by atoms with Gasteiger partial charge in [0.25, 0.3) is 0 Å². The van der Waals surface area contributed by atoms with Crippen LogP contribution < -0.4 is 15.1 Å². The third kappa shape index (κ3) is 5.73. The first-order valence-electron chi connectivity index (χ1n) is 14.0. The number of carbonyl (C=O) groups excluding carboxylic acids is 4. The second kappa shape index (κ2) is 12.2. The number of imide groups is 1. The molecular weight excluding hydrogens is 643 g/mol. The van der Waals surface area contributed by atoms with Crippen LogP contribution in [0.15, 0.2) is 88.7 Å². The molecular formula is C32H24F3N3O6S2. The minimum absolute atomic E-state index is 0.194. The van der Waals surface area contributed by atoms with Crippen LogP contribution >= 0.6 is 23.1 Å². The SMILES string of the molecule is CCOC(=O)c1ccc(NC(=O)Cn2c3c(sc2=O)C(c2ccccc2)C2C(=O)N(c4cccc(C(F)(F)F)c4)C(=O)C2S3)cc1. The highest BCUT2D eigenvalue weighted by atomic mass is 32.2. The van der Waals surface area contributed by atoms with Gasteiger partial charge in [-0.15, -0.1) is 0 Å². The summed E-state index contributed by atoms with van der Waals surface area (Å²) in [5.74, 6) is -4.19. The van der Waals surface area contributed by atoms with Crippen molar-refractivity contribution >= 4 is 58.2 Å². The Kier molecular flexibility index (Phi) is 8.33. The van der Waals surface area contributed by atoms with Crippen molar-refractivity contribution in [2.24, 2.45) is 5.92 Å². The van der Waals surface area contributed by atoms with Gasteiger partial charge in [0, 0.05) is 16.5 Å². The van der Waals surface area contributed by atoms with Crippen molar-refractivity contribution in [1.29, 1.82) is 0 Å². The predicted octanol–water partition coefficient (Wildman–Crippen LogP) is 5.54. The summed E-state index contributed by atoms with van der Waals surface area (Å²) in [5.41, 5.74) is 0.128. The number of thiazole rings is 1. The summed E-state index contributed by atoms with van der Waals surface area (Å²) < 4.78 is 46.7. The molecule has 1 N–H and O–H groups in total. The van der Waals surface area contributed by atoms with Gasteiger partial charge in [0.15, 0.2) is 0 Å². The third-order valence-electron chi connectivity index (χ3n) is 7.62. The fourth-order valence-corrected chi connectivity index (χ4v) is 8.37. The normalized spacial score (nSPS) is 19.0. The van der Waals surface area contributed by atoms with E-state index in [0.29, 0.717) is 26.7 Å². The quantitative estimate of drug-likeness (QED) is 0.203. The van der Waals surface area contributed by atoms with Gasteiger partial charge in [-0.2, -0.15) is 13.2 Å². The molecule has 3 amide bonds. The van der Waals surface area contributed by atoms with E-state index in [1.807, 2.05) is 0 Å². The molecule has 1 saturated heterocycles. The summed E-state index contributed by atoms with van der Waals surface area (Å²) in [6.07, 6.45) is -4.68. The van der Waals surface area contributed by atoms with Gasteiger partial charge >= 0.3 is 17.0 Å². The molecule has 0 saturated carbocycles. The highest BCUT2D eigenvalue weighted by molar-refractivity contribution is 8.00. The van der Waals surface area contributed by atoms with E-state index in [0.717, 1.165) is 46.2 Å². The molecule has 1 aromatic heterocycles. The molecule has 3 aromatic carbocycles. The largest absolute Gasteiger partial charge is 0.462 e. The zero-order chi connectivity index (χ0) is 32.7. The van der Waals surface area contributed by atoms with Crippen LogP contribution in [0.1, 0.15) is 39.2 Å². The van der Waals surface area contributed by atoms with Crippen LogP contribution in [0.5, 0.6) is 0 Å². The maximum absolute atomic E-state index is 13.9. The van der Waals surface area contributed by atoms with Crippen molar-refractivity contribution in [2.45, 2.75) is 35.8 Å². The van der Waals surface area contributed by atoms with Crippen molar-refractivity contribution in [3.63, 3.8) is 0 Å². The molecule has 4 aromatic rings. The average molecular weight is 668 g/mol. The Bertz CT molecular complexity index is 1910.